The lowest BCUT2D eigenvalue weighted by Crippen LogP contribution is -2.37. The standard InChI is InChI=1S/C17H20N2O3S2/c1-3-7-19-14-10-24(21,22)11-15(14)23-17(19)18-16(20)9-13-6-4-5-12(2)8-13/h3-6,8,14-15H,1,7,9-11H2,2H3/t14-,15+/m1/s1. The van der Waals surface area contributed by atoms with Crippen molar-refractivity contribution in [3.8, 4) is 0 Å². The molecule has 2 heterocycles. The Morgan fingerprint density at radius 1 is 1.46 bits per heavy atom. The first-order valence-corrected chi connectivity index (χ1v) is 10.5. The molecule has 24 heavy (non-hydrogen) atoms. The van der Waals surface area contributed by atoms with Crippen molar-refractivity contribution < 1.29 is 13.2 Å². The van der Waals surface area contributed by atoms with Gasteiger partial charge in [-0.05, 0) is 12.5 Å². The van der Waals surface area contributed by atoms with Crippen LogP contribution < -0.4 is 0 Å². The fraction of sp³-hybridized carbons (Fsp3) is 0.412. The van der Waals surface area contributed by atoms with Gasteiger partial charge in [0.15, 0.2) is 15.0 Å². The van der Waals surface area contributed by atoms with E-state index >= 15 is 0 Å². The van der Waals surface area contributed by atoms with Crippen molar-refractivity contribution in [1.29, 1.82) is 0 Å². The van der Waals surface area contributed by atoms with Gasteiger partial charge in [0.1, 0.15) is 0 Å². The highest BCUT2D eigenvalue weighted by atomic mass is 32.2. The maximum absolute atomic E-state index is 12.3. The molecular formula is C17H20N2O3S2. The number of hydrogen-bond donors (Lipinski definition) is 0. The van der Waals surface area contributed by atoms with Crippen LogP contribution in [0.15, 0.2) is 41.9 Å². The van der Waals surface area contributed by atoms with Gasteiger partial charge in [-0.3, -0.25) is 4.79 Å². The predicted molar refractivity (Wildman–Crippen MR) is 98.0 cm³/mol. The van der Waals surface area contributed by atoms with E-state index in [1.807, 2.05) is 36.1 Å². The highest BCUT2D eigenvalue weighted by Crippen LogP contribution is 2.38. The Labute approximate surface area is 146 Å². The number of amides is 1. The minimum Gasteiger partial charge on any atom is -0.342 e. The van der Waals surface area contributed by atoms with Crippen LogP contribution in [0, 0.1) is 6.92 Å². The second-order valence-electron chi connectivity index (χ2n) is 6.20. The van der Waals surface area contributed by atoms with E-state index in [1.54, 1.807) is 6.08 Å². The molecule has 0 radical (unpaired) electrons. The molecule has 5 nitrogen and oxygen atoms in total. The van der Waals surface area contributed by atoms with E-state index < -0.39 is 9.84 Å². The van der Waals surface area contributed by atoms with Gasteiger partial charge >= 0.3 is 0 Å². The molecule has 1 aromatic rings. The Hall–Kier alpha value is -1.60. The lowest BCUT2D eigenvalue weighted by atomic mass is 10.1. The molecule has 2 aliphatic heterocycles. The number of thioether (sulfide) groups is 1. The number of carbonyl (C=O) groups excluding carboxylic acids is 1. The smallest absolute Gasteiger partial charge is 0.252 e. The van der Waals surface area contributed by atoms with Gasteiger partial charge in [-0.1, -0.05) is 47.7 Å². The monoisotopic (exact) mass is 364 g/mol. The van der Waals surface area contributed by atoms with Crippen LogP contribution in [0.25, 0.3) is 0 Å². The number of hydrogen-bond acceptors (Lipinski definition) is 4. The van der Waals surface area contributed by atoms with Crippen LogP contribution in [0.3, 0.4) is 0 Å². The Bertz CT molecular complexity index is 802. The second kappa shape index (κ2) is 6.72. The van der Waals surface area contributed by atoms with Crippen LogP contribution in [0.5, 0.6) is 0 Å². The van der Waals surface area contributed by atoms with Crippen molar-refractivity contribution in [2.45, 2.75) is 24.6 Å². The summed E-state index contributed by atoms with van der Waals surface area (Å²) < 4.78 is 23.6. The first kappa shape index (κ1) is 17.2. The second-order valence-corrected chi connectivity index (χ2v) is 9.56. The van der Waals surface area contributed by atoms with E-state index in [0.717, 1.165) is 11.1 Å². The van der Waals surface area contributed by atoms with Crippen LogP contribution in [-0.4, -0.2) is 53.7 Å². The third-order valence-electron chi connectivity index (χ3n) is 4.16. The predicted octanol–water partition coefficient (Wildman–Crippen LogP) is 1.82. The molecule has 0 saturated carbocycles. The van der Waals surface area contributed by atoms with E-state index in [4.69, 9.17) is 0 Å². The zero-order chi connectivity index (χ0) is 17.3. The van der Waals surface area contributed by atoms with Gasteiger partial charge in [-0.25, -0.2) is 8.42 Å². The largest absolute Gasteiger partial charge is 0.342 e. The third-order valence-corrected chi connectivity index (χ3v) is 7.41. The summed E-state index contributed by atoms with van der Waals surface area (Å²) in [6.07, 6.45) is 1.97. The van der Waals surface area contributed by atoms with Gasteiger partial charge in [-0.2, -0.15) is 4.99 Å². The molecule has 1 aromatic carbocycles. The molecule has 0 spiro atoms. The van der Waals surface area contributed by atoms with Gasteiger partial charge in [0.05, 0.1) is 24.0 Å². The van der Waals surface area contributed by atoms with Crippen molar-refractivity contribution in [3.63, 3.8) is 0 Å². The topological polar surface area (TPSA) is 66.8 Å². The number of aryl methyl sites for hydroxylation is 1. The number of sulfone groups is 1. The third kappa shape index (κ3) is 3.72. The number of benzene rings is 1. The average Bonchev–Trinajstić information content (AvgIpc) is 2.92. The number of carbonyl (C=O) groups is 1. The Balaban J connectivity index is 1.76. The van der Waals surface area contributed by atoms with Crippen molar-refractivity contribution in [2.24, 2.45) is 4.99 Å². The summed E-state index contributed by atoms with van der Waals surface area (Å²) in [5.41, 5.74) is 2.04. The minimum atomic E-state index is -3.00. The molecule has 0 unspecified atom stereocenters. The lowest BCUT2D eigenvalue weighted by Gasteiger charge is -2.22. The van der Waals surface area contributed by atoms with Crippen LogP contribution in [0.2, 0.25) is 0 Å². The summed E-state index contributed by atoms with van der Waals surface area (Å²) in [7, 11) is -3.00. The molecule has 2 atom stereocenters. The molecule has 2 fully saturated rings. The zero-order valence-electron chi connectivity index (χ0n) is 13.5. The summed E-state index contributed by atoms with van der Waals surface area (Å²) in [5, 5.41) is 0.581. The van der Waals surface area contributed by atoms with Gasteiger partial charge in [0.2, 0.25) is 0 Å². The molecule has 0 bridgehead atoms. The summed E-state index contributed by atoms with van der Waals surface area (Å²) in [5.74, 6) is 0.0741. The highest BCUT2D eigenvalue weighted by molar-refractivity contribution is 8.15. The van der Waals surface area contributed by atoms with Crippen molar-refractivity contribution >= 4 is 32.7 Å². The fourth-order valence-electron chi connectivity index (χ4n) is 3.13. The molecule has 2 aliphatic rings. The number of rotatable bonds is 4. The number of amidine groups is 1. The summed E-state index contributed by atoms with van der Waals surface area (Å²) in [6.45, 7) is 6.21. The molecule has 3 rings (SSSR count). The average molecular weight is 364 g/mol. The van der Waals surface area contributed by atoms with E-state index in [-0.39, 0.29) is 35.1 Å². The molecule has 0 aromatic heterocycles. The molecule has 0 aliphatic carbocycles. The SMILES string of the molecule is C=CCN1C(=NC(=O)Cc2cccc(C)c2)S[C@H]2CS(=O)(=O)C[C@H]21. The molecule has 2 saturated heterocycles. The normalized spacial score (nSPS) is 26.5. The van der Waals surface area contributed by atoms with E-state index in [1.165, 1.54) is 11.8 Å². The van der Waals surface area contributed by atoms with Crippen molar-refractivity contribution in [2.75, 3.05) is 18.1 Å². The molecule has 1 amide bonds. The first-order valence-electron chi connectivity index (χ1n) is 7.79. The van der Waals surface area contributed by atoms with Crippen molar-refractivity contribution in [1.82, 2.24) is 4.90 Å². The van der Waals surface area contributed by atoms with Crippen LogP contribution in [-0.2, 0) is 21.1 Å². The maximum Gasteiger partial charge on any atom is 0.252 e. The number of fused-ring (bicyclic) bond motifs is 1. The van der Waals surface area contributed by atoms with Gasteiger partial charge in [0, 0.05) is 11.8 Å². The minimum absolute atomic E-state index is 0.0412. The van der Waals surface area contributed by atoms with Crippen LogP contribution in [0.4, 0.5) is 0 Å². The fourth-order valence-corrected chi connectivity index (χ4v) is 7.11. The highest BCUT2D eigenvalue weighted by Gasteiger charge is 2.48. The van der Waals surface area contributed by atoms with Crippen LogP contribution in [0.1, 0.15) is 11.1 Å². The maximum atomic E-state index is 12.3. The van der Waals surface area contributed by atoms with E-state index in [9.17, 15) is 13.2 Å². The molecule has 0 N–H and O–H groups in total. The number of aliphatic imine (C=N–C) groups is 1. The van der Waals surface area contributed by atoms with Gasteiger partial charge in [0.25, 0.3) is 5.91 Å². The molecular weight excluding hydrogens is 344 g/mol. The van der Waals surface area contributed by atoms with Gasteiger partial charge in [-0.15, -0.1) is 6.58 Å². The van der Waals surface area contributed by atoms with Crippen molar-refractivity contribution in [3.05, 3.63) is 48.0 Å². The van der Waals surface area contributed by atoms with E-state index in [2.05, 4.69) is 11.6 Å². The zero-order valence-corrected chi connectivity index (χ0v) is 15.1. The summed E-state index contributed by atoms with van der Waals surface area (Å²) in [6, 6.07) is 7.69. The Morgan fingerprint density at radius 2 is 2.25 bits per heavy atom. The summed E-state index contributed by atoms with van der Waals surface area (Å²) in [4.78, 5) is 18.5. The lowest BCUT2D eigenvalue weighted by molar-refractivity contribution is -0.117. The molecule has 7 heteroatoms. The quantitative estimate of drug-likeness (QED) is 0.763. The number of nitrogens with zero attached hydrogens (tertiary/aromatic N) is 2. The Kier molecular flexibility index (Phi) is 4.83. The molecule has 128 valence electrons. The van der Waals surface area contributed by atoms with E-state index in [0.29, 0.717) is 11.7 Å². The first-order chi connectivity index (χ1) is 11.4. The van der Waals surface area contributed by atoms with Crippen LogP contribution >= 0.6 is 11.8 Å². The Morgan fingerprint density at radius 3 is 2.96 bits per heavy atom. The van der Waals surface area contributed by atoms with Gasteiger partial charge < -0.3 is 4.90 Å². The summed E-state index contributed by atoms with van der Waals surface area (Å²) >= 11 is 1.40.